The Kier molecular flexibility index (Phi) is 3.74. The van der Waals surface area contributed by atoms with Crippen LogP contribution in [0.15, 0.2) is 54.7 Å². The summed E-state index contributed by atoms with van der Waals surface area (Å²) in [6.07, 6.45) is 5.40. The molecule has 0 aliphatic heterocycles. The smallest absolute Gasteiger partial charge is 0.328 e. The van der Waals surface area contributed by atoms with Crippen LogP contribution >= 0.6 is 0 Å². The van der Waals surface area contributed by atoms with E-state index >= 15 is 0 Å². The van der Waals surface area contributed by atoms with Crippen molar-refractivity contribution < 1.29 is 9.90 Å². The Bertz CT molecular complexity index is 848. The zero-order chi connectivity index (χ0) is 15.5. The molecule has 2 heterocycles. The van der Waals surface area contributed by atoms with Gasteiger partial charge in [-0.3, -0.25) is 4.40 Å². The van der Waals surface area contributed by atoms with E-state index in [-0.39, 0.29) is 0 Å². The summed E-state index contributed by atoms with van der Waals surface area (Å²) < 4.78 is 1.94. The summed E-state index contributed by atoms with van der Waals surface area (Å²) in [4.78, 5) is 15.5. The molecule has 0 radical (unpaired) electrons. The fourth-order valence-electron chi connectivity index (χ4n) is 2.46. The zero-order valence-corrected chi connectivity index (χ0v) is 12.2. The van der Waals surface area contributed by atoms with Gasteiger partial charge in [0, 0.05) is 18.7 Å². The Morgan fingerprint density at radius 2 is 2.00 bits per heavy atom. The number of carboxylic acid groups (broad SMARTS) is 1. The van der Waals surface area contributed by atoms with Gasteiger partial charge >= 0.3 is 5.97 Å². The minimum absolute atomic E-state index is 0.668. The van der Waals surface area contributed by atoms with E-state index in [0.29, 0.717) is 6.42 Å². The fourth-order valence-corrected chi connectivity index (χ4v) is 2.46. The van der Waals surface area contributed by atoms with Gasteiger partial charge in [-0.1, -0.05) is 36.4 Å². The molecule has 0 bridgehead atoms. The first-order valence-electron chi connectivity index (χ1n) is 7.06. The highest BCUT2D eigenvalue weighted by molar-refractivity contribution is 5.85. The monoisotopic (exact) mass is 292 g/mol. The molecule has 0 amide bonds. The van der Waals surface area contributed by atoms with Crippen molar-refractivity contribution >= 4 is 17.7 Å². The second kappa shape index (κ2) is 5.85. The summed E-state index contributed by atoms with van der Waals surface area (Å²) in [7, 11) is 0. The quantitative estimate of drug-likeness (QED) is 0.750. The third kappa shape index (κ3) is 2.91. The minimum atomic E-state index is -0.965. The van der Waals surface area contributed by atoms with Gasteiger partial charge < -0.3 is 5.11 Å². The van der Waals surface area contributed by atoms with Crippen LogP contribution in [0.4, 0.5) is 0 Å². The lowest BCUT2D eigenvalue weighted by molar-refractivity contribution is -0.131. The number of fused-ring (bicyclic) bond motifs is 1. The van der Waals surface area contributed by atoms with Gasteiger partial charge in [0.25, 0.3) is 0 Å². The van der Waals surface area contributed by atoms with Crippen LogP contribution in [0.25, 0.3) is 11.7 Å². The highest BCUT2D eigenvalue weighted by Gasteiger charge is 2.11. The van der Waals surface area contributed by atoms with Crippen LogP contribution in [0.1, 0.15) is 22.5 Å². The van der Waals surface area contributed by atoms with Crippen LogP contribution in [0.2, 0.25) is 0 Å². The van der Waals surface area contributed by atoms with Crippen molar-refractivity contribution in [3.63, 3.8) is 0 Å². The van der Waals surface area contributed by atoms with E-state index in [1.165, 1.54) is 0 Å². The van der Waals surface area contributed by atoms with Crippen molar-refractivity contribution in [2.24, 2.45) is 0 Å². The summed E-state index contributed by atoms with van der Waals surface area (Å²) in [5.74, 6) is -0.965. The average Bonchev–Trinajstić information content (AvgIpc) is 2.82. The topological polar surface area (TPSA) is 54.6 Å². The summed E-state index contributed by atoms with van der Waals surface area (Å²) >= 11 is 0. The first-order chi connectivity index (χ1) is 10.6. The van der Waals surface area contributed by atoms with E-state index in [1.54, 1.807) is 6.08 Å². The van der Waals surface area contributed by atoms with Crippen LogP contribution in [-0.4, -0.2) is 20.5 Å². The minimum Gasteiger partial charge on any atom is -0.478 e. The lowest BCUT2D eigenvalue weighted by Crippen LogP contribution is -1.95. The Morgan fingerprint density at radius 1 is 1.23 bits per heavy atom. The number of hydrogen-bond donors (Lipinski definition) is 1. The number of carboxylic acids is 1. The van der Waals surface area contributed by atoms with E-state index in [0.717, 1.165) is 34.2 Å². The maximum absolute atomic E-state index is 10.9. The van der Waals surface area contributed by atoms with Gasteiger partial charge in [-0.2, -0.15) is 0 Å². The molecule has 0 saturated carbocycles. The van der Waals surface area contributed by atoms with Crippen LogP contribution < -0.4 is 0 Å². The van der Waals surface area contributed by atoms with Gasteiger partial charge in [0.2, 0.25) is 0 Å². The molecule has 0 atom stereocenters. The molecule has 110 valence electrons. The van der Waals surface area contributed by atoms with Crippen molar-refractivity contribution in [2.75, 3.05) is 0 Å². The van der Waals surface area contributed by atoms with Crippen LogP contribution in [-0.2, 0) is 11.2 Å². The number of benzene rings is 1. The zero-order valence-electron chi connectivity index (χ0n) is 12.2. The lowest BCUT2D eigenvalue weighted by Gasteiger charge is -2.01. The number of aromatic nitrogens is 2. The maximum Gasteiger partial charge on any atom is 0.328 e. The molecule has 3 rings (SSSR count). The number of aryl methyl sites for hydroxylation is 1. The molecule has 0 unspecified atom stereocenters. The van der Waals surface area contributed by atoms with Gasteiger partial charge in [0.05, 0.1) is 11.4 Å². The molecular weight excluding hydrogens is 276 g/mol. The summed E-state index contributed by atoms with van der Waals surface area (Å²) in [6.45, 7) is 2.00. The Balaban J connectivity index is 2.11. The Morgan fingerprint density at radius 3 is 2.73 bits per heavy atom. The largest absolute Gasteiger partial charge is 0.478 e. The van der Waals surface area contributed by atoms with Crippen molar-refractivity contribution in [1.29, 1.82) is 0 Å². The molecule has 4 nitrogen and oxygen atoms in total. The van der Waals surface area contributed by atoms with E-state index in [9.17, 15) is 4.79 Å². The SMILES string of the molecule is Cc1ccc2nc(Cc3ccccc3)c(/C=C/C(=O)O)n2c1. The molecule has 3 aromatic rings. The van der Waals surface area contributed by atoms with Crippen molar-refractivity contribution in [3.05, 3.63) is 77.3 Å². The molecule has 0 fully saturated rings. The first-order valence-corrected chi connectivity index (χ1v) is 7.06. The summed E-state index contributed by atoms with van der Waals surface area (Å²) in [5, 5.41) is 8.90. The predicted molar refractivity (Wildman–Crippen MR) is 85.8 cm³/mol. The number of nitrogens with zero attached hydrogens (tertiary/aromatic N) is 2. The number of carbonyl (C=O) groups is 1. The molecule has 0 saturated heterocycles. The number of rotatable bonds is 4. The van der Waals surface area contributed by atoms with Crippen LogP contribution in [0.5, 0.6) is 0 Å². The molecule has 0 spiro atoms. The number of aliphatic carboxylic acids is 1. The Labute approximate surface area is 128 Å². The van der Waals surface area contributed by atoms with Crippen molar-refractivity contribution in [2.45, 2.75) is 13.3 Å². The first kappa shape index (κ1) is 14.1. The molecule has 0 aliphatic rings. The van der Waals surface area contributed by atoms with Crippen LogP contribution in [0, 0.1) is 6.92 Å². The molecule has 4 heteroatoms. The average molecular weight is 292 g/mol. The third-order valence-corrected chi connectivity index (χ3v) is 3.48. The van der Waals surface area contributed by atoms with Crippen LogP contribution in [0.3, 0.4) is 0 Å². The van der Waals surface area contributed by atoms with Gasteiger partial charge in [-0.15, -0.1) is 0 Å². The summed E-state index contributed by atoms with van der Waals surface area (Å²) in [6, 6.07) is 14.0. The molecule has 2 aromatic heterocycles. The molecule has 0 aliphatic carbocycles. The van der Waals surface area contributed by atoms with E-state index < -0.39 is 5.97 Å². The summed E-state index contributed by atoms with van der Waals surface area (Å²) in [5.41, 5.74) is 4.74. The van der Waals surface area contributed by atoms with E-state index in [1.807, 2.05) is 60.0 Å². The van der Waals surface area contributed by atoms with Crippen molar-refractivity contribution in [3.8, 4) is 0 Å². The van der Waals surface area contributed by atoms with Gasteiger partial charge in [0.15, 0.2) is 0 Å². The van der Waals surface area contributed by atoms with Gasteiger partial charge in [0.1, 0.15) is 5.65 Å². The fraction of sp³-hybridized carbons (Fsp3) is 0.111. The van der Waals surface area contributed by atoms with Crippen molar-refractivity contribution in [1.82, 2.24) is 9.38 Å². The second-order valence-corrected chi connectivity index (χ2v) is 5.21. The lowest BCUT2D eigenvalue weighted by atomic mass is 10.1. The normalized spacial score (nSPS) is 11.3. The number of imidazole rings is 1. The van der Waals surface area contributed by atoms with Gasteiger partial charge in [-0.05, 0) is 30.2 Å². The Hall–Kier alpha value is -2.88. The van der Waals surface area contributed by atoms with E-state index in [2.05, 4.69) is 4.98 Å². The predicted octanol–water partition coefficient (Wildman–Crippen LogP) is 3.33. The molecule has 1 N–H and O–H groups in total. The maximum atomic E-state index is 10.9. The third-order valence-electron chi connectivity index (χ3n) is 3.48. The molecule has 22 heavy (non-hydrogen) atoms. The highest BCUT2D eigenvalue weighted by Crippen LogP contribution is 2.19. The standard InChI is InChI=1S/C18H16N2O2/c1-13-7-9-17-19-15(11-14-5-3-2-4-6-14)16(20(17)12-13)8-10-18(21)22/h2-10,12H,11H2,1H3,(H,21,22)/b10-8+. The highest BCUT2D eigenvalue weighted by atomic mass is 16.4. The number of hydrogen-bond acceptors (Lipinski definition) is 2. The molecule has 1 aromatic carbocycles. The van der Waals surface area contributed by atoms with Gasteiger partial charge in [-0.25, -0.2) is 9.78 Å². The number of pyridine rings is 1. The molecular formula is C18H16N2O2. The van der Waals surface area contributed by atoms with E-state index in [4.69, 9.17) is 5.11 Å². The second-order valence-electron chi connectivity index (χ2n) is 5.21.